The monoisotopic (exact) mass is 131 g/mol. The van der Waals surface area contributed by atoms with Gasteiger partial charge in [0.05, 0.1) is 0 Å². The Labute approximate surface area is 63.6 Å². The Balaban J connectivity index is 2.90. The van der Waals surface area contributed by atoms with E-state index in [9.17, 15) is 0 Å². The lowest BCUT2D eigenvalue weighted by Gasteiger charge is -1.90. The second-order valence-corrected chi connectivity index (χ2v) is 2.85. The second kappa shape index (κ2) is 2.91. The van der Waals surface area contributed by atoms with E-state index < -0.39 is 0 Å². The van der Waals surface area contributed by atoms with Crippen LogP contribution >= 0.6 is 0 Å². The van der Waals surface area contributed by atoms with Crippen LogP contribution in [0.5, 0.6) is 0 Å². The number of hydrogen-bond donors (Lipinski definition) is 0. The standard InChI is InChI=1S/C9H12B/c1-7-4-8(2)6-10-9(3)5-7/h4-6H,1-3H3. The van der Waals surface area contributed by atoms with Crippen LogP contribution in [-0.2, 0) is 0 Å². The van der Waals surface area contributed by atoms with Crippen LogP contribution < -0.4 is 0 Å². The van der Waals surface area contributed by atoms with Gasteiger partial charge in [-0.25, -0.2) is 0 Å². The van der Waals surface area contributed by atoms with Gasteiger partial charge in [0.1, 0.15) is 0 Å². The zero-order valence-electron chi connectivity index (χ0n) is 6.81. The number of rotatable bonds is 0. The van der Waals surface area contributed by atoms with E-state index in [1.54, 1.807) is 0 Å². The van der Waals surface area contributed by atoms with Crippen molar-refractivity contribution in [3.63, 3.8) is 0 Å². The molecule has 0 aromatic heterocycles. The van der Waals surface area contributed by atoms with Crippen molar-refractivity contribution in [1.29, 1.82) is 0 Å². The van der Waals surface area contributed by atoms with Crippen LogP contribution in [0.15, 0.2) is 34.7 Å². The van der Waals surface area contributed by atoms with Crippen molar-refractivity contribution < 1.29 is 0 Å². The third-order valence-corrected chi connectivity index (χ3v) is 1.52. The van der Waals surface area contributed by atoms with Crippen molar-refractivity contribution in [3.8, 4) is 0 Å². The van der Waals surface area contributed by atoms with Gasteiger partial charge in [-0.2, -0.15) is 0 Å². The molecule has 1 heterocycles. The van der Waals surface area contributed by atoms with Gasteiger partial charge in [-0.1, -0.05) is 30.2 Å². The molecule has 0 nitrogen and oxygen atoms in total. The fourth-order valence-electron chi connectivity index (χ4n) is 1.12. The Bertz CT molecular complexity index is 219. The molecule has 0 N–H and O–H groups in total. The predicted molar refractivity (Wildman–Crippen MR) is 47.0 cm³/mol. The maximum absolute atomic E-state index is 2.19. The third kappa shape index (κ3) is 1.91. The van der Waals surface area contributed by atoms with Gasteiger partial charge in [0.15, 0.2) is 7.28 Å². The van der Waals surface area contributed by atoms with Crippen LogP contribution in [0.25, 0.3) is 0 Å². The second-order valence-electron chi connectivity index (χ2n) is 2.85. The van der Waals surface area contributed by atoms with E-state index in [1.807, 2.05) is 0 Å². The van der Waals surface area contributed by atoms with Crippen LogP contribution in [0, 0.1) is 0 Å². The number of hydrogen-bond acceptors (Lipinski definition) is 0. The highest BCUT2D eigenvalue weighted by molar-refractivity contribution is 6.51. The molecule has 0 fully saturated rings. The minimum atomic E-state index is 1.32. The van der Waals surface area contributed by atoms with E-state index >= 15 is 0 Å². The van der Waals surface area contributed by atoms with Crippen LogP contribution in [0.3, 0.4) is 0 Å². The Morgan fingerprint density at radius 2 is 1.70 bits per heavy atom. The molecule has 0 saturated heterocycles. The summed E-state index contributed by atoms with van der Waals surface area (Å²) >= 11 is 0. The first-order valence-corrected chi connectivity index (χ1v) is 3.57. The molecule has 1 radical (unpaired) electrons. The molecular formula is C9H12B. The molecule has 0 saturated carbocycles. The van der Waals surface area contributed by atoms with E-state index in [1.165, 1.54) is 16.6 Å². The van der Waals surface area contributed by atoms with Gasteiger partial charge in [-0.05, 0) is 13.8 Å². The topological polar surface area (TPSA) is 0 Å². The first kappa shape index (κ1) is 7.39. The lowest BCUT2D eigenvalue weighted by atomic mass is 9.70. The van der Waals surface area contributed by atoms with E-state index in [-0.39, 0.29) is 0 Å². The Kier molecular flexibility index (Phi) is 2.15. The minimum Gasteiger partial charge on any atom is -0.114 e. The molecule has 0 atom stereocenters. The summed E-state index contributed by atoms with van der Waals surface area (Å²) in [4.78, 5) is 0. The highest BCUT2D eigenvalue weighted by atomic mass is 13.9. The third-order valence-electron chi connectivity index (χ3n) is 1.52. The molecule has 0 spiro atoms. The Morgan fingerprint density at radius 3 is 2.40 bits per heavy atom. The van der Waals surface area contributed by atoms with E-state index in [4.69, 9.17) is 0 Å². The Hall–Kier alpha value is -0.715. The SMILES string of the molecule is CC1=CC(C)=CC(C)=C[B]1. The van der Waals surface area contributed by atoms with E-state index in [0.717, 1.165) is 0 Å². The molecule has 1 aliphatic heterocycles. The van der Waals surface area contributed by atoms with Crippen molar-refractivity contribution in [2.45, 2.75) is 20.8 Å². The molecule has 51 valence electrons. The van der Waals surface area contributed by atoms with E-state index in [2.05, 4.69) is 46.2 Å². The zero-order chi connectivity index (χ0) is 7.56. The fourth-order valence-corrected chi connectivity index (χ4v) is 1.12. The summed E-state index contributed by atoms with van der Waals surface area (Å²) in [5, 5.41) is 0. The molecular weight excluding hydrogens is 119 g/mol. The summed E-state index contributed by atoms with van der Waals surface area (Å²) in [7, 11) is 2.14. The lowest BCUT2D eigenvalue weighted by Crippen LogP contribution is -1.86. The van der Waals surface area contributed by atoms with Crippen molar-refractivity contribution >= 4 is 7.28 Å². The largest absolute Gasteiger partial charge is 0.175 e. The smallest absolute Gasteiger partial charge is 0.114 e. The van der Waals surface area contributed by atoms with Gasteiger partial charge in [0.25, 0.3) is 0 Å². The summed E-state index contributed by atoms with van der Waals surface area (Å²) in [6.07, 6.45) is 4.38. The fraction of sp³-hybridized carbons (Fsp3) is 0.333. The summed E-state index contributed by atoms with van der Waals surface area (Å²) in [5.41, 5.74) is 3.98. The summed E-state index contributed by atoms with van der Waals surface area (Å²) in [5.74, 6) is 2.14. The van der Waals surface area contributed by atoms with Crippen LogP contribution in [0.2, 0.25) is 0 Å². The highest BCUT2D eigenvalue weighted by Gasteiger charge is 1.95. The van der Waals surface area contributed by atoms with E-state index in [0.29, 0.717) is 0 Å². The maximum Gasteiger partial charge on any atom is 0.175 e. The molecule has 0 aromatic carbocycles. The maximum atomic E-state index is 2.19. The van der Waals surface area contributed by atoms with Gasteiger partial charge in [-0.15, -0.1) is 11.4 Å². The van der Waals surface area contributed by atoms with Gasteiger partial charge in [-0.3, -0.25) is 0 Å². The lowest BCUT2D eigenvalue weighted by molar-refractivity contribution is 1.44. The summed E-state index contributed by atoms with van der Waals surface area (Å²) < 4.78 is 0. The van der Waals surface area contributed by atoms with Crippen molar-refractivity contribution in [1.82, 2.24) is 0 Å². The predicted octanol–water partition coefficient (Wildman–Crippen LogP) is 2.46. The summed E-state index contributed by atoms with van der Waals surface area (Å²) in [6, 6.07) is 0. The molecule has 0 aliphatic carbocycles. The number of allylic oxidation sites excluding steroid dienone is 5. The molecule has 0 bridgehead atoms. The average molecular weight is 131 g/mol. The molecule has 0 amide bonds. The first-order valence-electron chi connectivity index (χ1n) is 3.57. The minimum absolute atomic E-state index is 1.32. The Morgan fingerprint density at radius 1 is 1.00 bits per heavy atom. The van der Waals surface area contributed by atoms with Crippen LogP contribution in [0.1, 0.15) is 20.8 Å². The van der Waals surface area contributed by atoms with Crippen LogP contribution in [0.4, 0.5) is 0 Å². The normalized spacial score (nSPS) is 18.1. The van der Waals surface area contributed by atoms with Gasteiger partial charge in [0.2, 0.25) is 0 Å². The van der Waals surface area contributed by atoms with Gasteiger partial charge in [0, 0.05) is 0 Å². The zero-order valence-corrected chi connectivity index (χ0v) is 6.81. The summed E-state index contributed by atoms with van der Waals surface area (Å²) in [6.45, 7) is 6.36. The van der Waals surface area contributed by atoms with Gasteiger partial charge < -0.3 is 0 Å². The molecule has 1 heteroatoms. The molecule has 1 rings (SSSR count). The van der Waals surface area contributed by atoms with Crippen molar-refractivity contribution in [3.05, 3.63) is 34.7 Å². The average Bonchev–Trinajstić information content (AvgIpc) is 1.93. The molecule has 1 aliphatic rings. The van der Waals surface area contributed by atoms with Gasteiger partial charge >= 0.3 is 0 Å². The quantitative estimate of drug-likeness (QED) is 0.443. The molecule has 0 unspecified atom stereocenters. The van der Waals surface area contributed by atoms with Crippen LogP contribution in [-0.4, -0.2) is 7.28 Å². The van der Waals surface area contributed by atoms with Crippen molar-refractivity contribution in [2.75, 3.05) is 0 Å². The first-order chi connectivity index (χ1) is 4.68. The molecule has 0 aromatic rings. The highest BCUT2D eigenvalue weighted by Crippen LogP contribution is 2.09. The van der Waals surface area contributed by atoms with Crippen molar-refractivity contribution in [2.24, 2.45) is 0 Å². The molecule has 10 heavy (non-hydrogen) atoms.